The van der Waals surface area contributed by atoms with Gasteiger partial charge in [0.15, 0.2) is 18.1 Å². The predicted octanol–water partition coefficient (Wildman–Crippen LogP) is 5.01. The number of methoxy groups -OCH3 is 2. The second-order valence-corrected chi connectivity index (χ2v) is 10.1. The quantitative estimate of drug-likeness (QED) is 0.324. The van der Waals surface area contributed by atoms with Gasteiger partial charge >= 0.3 is 0 Å². The Kier molecular flexibility index (Phi) is 9.30. The summed E-state index contributed by atoms with van der Waals surface area (Å²) in [6.07, 6.45) is 1.53. The maximum atomic E-state index is 12.9. The largest absolute Gasteiger partial charge is 0.495 e. The molecule has 212 valence electrons. The summed E-state index contributed by atoms with van der Waals surface area (Å²) >= 11 is 0.736. The number of rotatable bonds is 10. The molecule has 3 aromatic rings. The van der Waals surface area contributed by atoms with E-state index in [9.17, 15) is 19.2 Å². The molecule has 0 atom stereocenters. The minimum atomic E-state index is -0.586. The molecule has 1 fully saturated rings. The number of imide groups is 1. The summed E-state index contributed by atoms with van der Waals surface area (Å²) in [5.74, 6) is -0.324. The SMILES string of the molecule is COc1ccccc1NC(=O)CN1C(=O)S/C(=C/c2ccc(OCC(=O)Nc3ccc(C)c(C)c3)c(OC)c2)C1=O. The number of hydrogen-bond acceptors (Lipinski definition) is 8. The number of ether oxygens (including phenoxy) is 3. The molecule has 0 aromatic heterocycles. The van der Waals surface area contributed by atoms with Crippen molar-refractivity contribution in [2.24, 2.45) is 0 Å². The van der Waals surface area contributed by atoms with Crippen LogP contribution in [0.25, 0.3) is 6.08 Å². The molecule has 0 spiro atoms. The van der Waals surface area contributed by atoms with Crippen LogP contribution in [0.1, 0.15) is 16.7 Å². The third-order valence-electron chi connectivity index (χ3n) is 6.19. The van der Waals surface area contributed by atoms with Gasteiger partial charge in [-0.2, -0.15) is 0 Å². The fourth-order valence-corrected chi connectivity index (χ4v) is 4.76. The summed E-state index contributed by atoms with van der Waals surface area (Å²) in [4.78, 5) is 51.4. The van der Waals surface area contributed by atoms with Crippen LogP contribution in [0.3, 0.4) is 0 Å². The van der Waals surface area contributed by atoms with E-state index in [0.717, 1.165) is 27.8 Å². The van der Waals surface area contributed by atoms with E-state index in [1.807, 2.05) is 32.0 Å². The van der Waals surface area contributed by atoms with Crippen LogP contribution < -0.4 is 24.8 Å². The standard InChI is InChI=1S/C30H29N3O7S/c1-18-9-11-21(13-19(18)2)31-28(35)17-40-24-12-10-20(14-25(24)39-4)15-26-29(36)33(30(37)41-26)16-27(34)32-22-7-5-6-8-23(22)38-3/h5-15H,16-17H2,1-4H3,(H,31,35)(H,32,34)/b26-15+. The van der Waals surface area contributed by atoms with Crippen molar-refractivity contribution in [2.45, 2.75) is 13.8 Å². The lowest BCUT2D eigenvalue weighted by atomic mass is 10.1. The van der Waals surface area contributed by atoms with Crippen molar-refractivity contribution in [1.82, 2.24) is 4.90 Å². The molecular weight excluding hydrogens is 546 g/mol. The Morgan fingerprint density at radius 2 is 1.61 bits per heavy atom. The lowest BCUT2D eigenvalue weighted by Gasteiger charge is -2.14. The second kappa shape index (κ2) is 13.1. The lowest BCUT2D eigenvalue weighted by molar-refractivity contribution is -0.127. The first-order valence-electron chi connectivity index (χ1n) is 12.5. The molecule has 10 nitrogen and oxygen atoms in total. The van der Waals surface area contributed by atoms with Crippen molar-refractivity contribution < 1.29 is 33.4 Å². The second-order valence-electron chi connectivity index (χ2n) is 9.06. The first kappa shape index (κ1) is 29.2. The number of amides is 4. The zero-order valence-corrected chi connectivity index (χ0v) is 23.8. The maximum Gasteiger partial charge on any atom is 0.294 e. The first-order chi connectivity index (χ1) is 19.7. The monoisotopic (exact) mass is 575 g/mol. The molecule has 2 N–H and O–H groups in total. The molecule has 1 aliphatic rings. The van der Waals surface area contributed by atoms with Gasteiger partial charge in [0.1, 0.15) is 12.3 Å². The van der Waals surface area contributed by atoms with Crippen LogP contribution in [0.5, 0.6) is 17.2 Å². The summed E-state index contributed by atoms with van der Waals surface area (Å²) in [6, 6.07) is 17.4. The van der Waals surface area contributed by atoms with Gasteiger partial charge in [0, 0.05) is 5.69 Å². The van der Waals surface area contributed by atoms with E-state index < -0.39 is 23.6 Å². The van der Waals surface area contributed by atoms with E-state index in [-0.39, 0.29) is 17.4 Å². The van der Waals surface area contributed by atoms with Crippen LogP contribution >= 0.6 is 11.8 Å². The number of anilines is 2. The van der Waals surface area contributed by atoms with Crippen molar-refractivity contribution in [3.05, 3.63) is 82.3 Å². The zero-order valence-electron chi connectivity index (χ0n) is 23.0. The number of para-hydroxylation sites is 2. The topological polar surface area (TPSA) is 123 Å². The van der Waals surface area contributed by atoms with Gasteiger partial charge in [-0.15, -0.1) is 0 Å². The molecule has 1 heterocycles. The van der Waals surface area contributed by atoms with Crippen molar-refractivity contribution in [2.75, 3.05) is 38.0 Å². The first-order valence-corrected chi connectivity index (χ1v) is 13.4. The van der Waals surface area contributed by atoms with E-state index in [0.29, 0.717) is 34.2 Å². The van der Waals surface area contributed by atoms with Crippen LogP contribution in [0.15, 0.2) is 65.6 Å². The molecule has 4 amide bonds. The normalized spacial score (nSPS) is 13.8. The lowest BCUT2D eigenvalue weighted by Crippen LogP contribution is -2.36. The molecule has 0 bridgehead atoms. The Bertz CT molecular complexity index is 1540. The summed E-state index contributed by atoms with van der Waals surface area (Å²) in [6.45, 7) is 3.28. The highest BCUT2D eigenvalue weighted by Gasteiger charge is 2.36. The Balaban J connectivity index is 1.38. The molecule has 41 heavy (non-hydrogen) atoms. The van der Waals surface area contributed by atoms with E-state index in [2.05, 4.69) is 10.6 Å². The fourth-order valence-electron chi connectivity index (χ4n) is 3.92. The molecule has 0 radical (unpaired) electrons. The molecule has 0 unspecified atom stereocenters. The highest BCUT2D eigenvalue weighted by atomic mass is 32.2. The molecule has 0 aliphatic carbocycles. The van der Waals surface area contributed by atoms with Crippen molar-refractivity contribution in [3.8, 4) is 17.2 Å². The third-order valence-corrected chi connectivity index (χ3v) is 7.10. The minimum Gasteiger partial charge on any atom is -0.495 e. The van der Waals surface area contributed by atoms with Crippen LogP contribution in [-0.4, -0.2) is 55.2 Å². The number of aryl methyl sites for hydroxylation is 2. The third kappa shape index (κ3) is 7.25. The van der Waals surface area contributed by atoms with Gasteiger partial charge in [0.05, 0.1) is 24.8 Å². The Morgan fingerprint density at radius 1 is 0.854 bits per heavy atom. The summed E-state index contributed by atoms with van der Waals surface area (Å²) < 4.78 is 16.3. The number of carbonyl (C=O) groups is 4. The molecule has 1 aliphatic heterocycles. The Labute approximate surface area is 241 Å². The van der Waals surface area contributed by atoms with Gasteiger partial charge in [-0.05, 0) is 84.8 Å². The van der Waals surface area contributed by atoms with Gasteiger partial charge in [0.25, 0.3) is 17.1 Å². The molecular formula is C30H29N3O7S. The smallest absolute Gasteiger partial charge is 0.294 e. The molecule has 4 rings (SSSR count). The van der Waals surface area contributed by atoms with Gasteiger partial charge < -0.3 is 24.8 Å². The van der Waals surface area contributed by atoms with Gasteiger partial charge in [0.2, 0.25) is 5.91 Å². The van der Waals surface area contributed by atoms with Crippen molar-refractivity contribution in [1.29, 1.82) is 0 Å². The Morgan fingerprint density at radius 3 is 2.34 bits per heavy atom. The van der Waals surface area contributed by atoms with E-state index in [4.69, 9.17) is 14.2 Å². The number of thioether (sulfide) groups is 1. The van der Waals surface area contributed by atoms with Gasteiger partial charge in [-0.25, -0.2) is 0 Å². The molecule has 0 saturated carbocycles. The molecule has 3 aromatic carbocycles. The van der Waals surface area contributed by atoms with Crippen molar-refractivity contribution >= 4 is 52.2 Å². The number of benzene rings is 3. The van der Waals surface area contributed by atoms with E-state index >= 15 is 0 Å². The predicted molar refractivity (Wildman–Crippen MR) is 157 cm³/mol. The average Bonchev–Trinajstić information content (AvgIpc) is 3.21. The Hall–Kier alpha value is -4.77. The summed E-state index contributed by atoms with van der Waals surface area (Å²) in [5.41, 5.74) is 3.87. The van der Waals surface area contributed by atoms with E-state index in [1.165, 1.54) is 20.3 Å². The van der Waals surface area contributed by atoms with Gasteiger partial charge in [-0.3, -0.25) is 24.1 Å². The zero-order chi connectivity index (χ0) is 29.5. The summed E-state index contributed by atoms with van der Waals surface area (Å²) in [5, 5.41) is 4.90. The number of nitrogens with one attached hydrogen (secondary N) is 2. The number of nitrogens with zero attached hydrogens (tertiary/aromatic N) is 1. The van der Waals surface area contributed by atoms with Crippen LogP contribution in [-0.2, 0) is 14.4 Å². The van der Waals surface area contributed by atoms with Crippen LogP contribution in [0.2, 0.25) is 0 Å². The highest BCUT2D eigenvalue weighted by Crippen LogP contribution is 2.35. The molecule has 11 heteroatoms. The highest BCUT2D eigenvalue weighted by molar-refractivity contribution is 8.18. The average molecular weight is 576 g/mol. The minimum absolute atomic E-state index is 0.156. The summed E-state index contributed by atoms with van der Waals surface area (Å²) in [7, 11) is 2.93. The molecule has 1 saturated heterocycles. The van der Waals surface area contributed by atoms with Crippen LogP contribution in [0, 0.1) is 13.8 Å². The maximum absolute atomic E-state index is 12.9. The number of carbonyl (C=O) groups excluding carboxylic acids is 4. The number of hydrogen-bond donors (Lipinski definition) is 2. The van der Waals surface area contributed by atoms with E-state index in [1.54, 1.807) is 42.5 Å². The van der Waals surface area contributed by atoms with Gasteiger partial charge in [-0.1, -0.05) is 24.3 Å². The van der Waals surface area contributed by atoms with Crippen molar-refractivity contribution in [3.63, 3.8) is 0 Å². The van der Waals surface area contributed by atoms with Crippen LogP contribution in [0.4, 0.5) is 16.2 Å². The fraction of sp³-hybridized carbons (Fsp3) is 0.200.